The van der Waals surface area contributed by atoms with Crippen molar-refractivity contribution in [3.8, 4) is 23.0 Å². The molecule has 16 nitrogen and oxygen atoms in total. The number of nitrogens with zero attached hydrogens (tertiary/aromatic N) is 4. The van der Waals surface area contributed by atoms with E-state index in [9.17, 15) is 39.6 Å². The third-order valence-electron chi connectivity index (χ3n) is 30.6. The lowest BCUT2D eigenvalue weighted by molar-refractivity contribution is -0.0181. The summed E-state index contributed by atoms with van der Waals surface area (Å²) in [6, 6.07) is 75.0. The Balaban J connectivity index is 0.000000259. The van der Waals surface area contributed by atoms with Crippen molar-refractivity contribution in [1.29, 1.82) is 0 Å². The normalized spacial score (nSPS) is 19.2. The predicted molar refractivity (Wildman–Crippen MR) is 598 cm³/mol. The third-order valence-corrected chi connectivity index (χ3v) is 30.6. The molecule has 0 heterocycles. The quantitative estimate of drug-likeness (QED) is 0.0209. The monoisotopic (exact) mass is 2010 g/mol. The van der Waals surface area contributed by atoms with Crippen LogP contribution in [0, 0.1) is 53.3 Å². The Morgan fingerprint density at radius 2 is 0.465 bits per heavy atom. The number of hydrogen-bond acceptors (Lipinski definition) is 16. The molecule has 3 aliphatic carbocycles. The zero-order valence-electron chi connectivity index (χ0n) is 92.0. The molecule has 3 aliphatic rings. The van der Waals surface area contributed by atoms with Gasteiger partial charge in [-0.2, -0.15) is 0 Å². The maximum atomic E-state index is 13.3. The second kappa shape index (κ2) is 59.5. The lowest BCUT2D eigenvalue weighted by Crippen LogP contribution is -2.38. The lowest BCUT2D eigenvalue weighted by atomic mass is 9.75. The van der Waals surface area contributed by atoms with Gasteiger partial charge >= 0.3 is 23.9 Å². The maximum absolute atomic E-state index is 13.3. The van der Waals surface area contributed by atoms with Crippen molar-refractivity contribution in [2.75, 3.05) is 26.2 Å². The zero-order chi connectivity index (χ0) is 104. The van der Waals surface area contributed by atoms with Gasteiger partial charge < -0.3 is 39.4 Å². The first-order chi connectivity index (χ1) is 67.5. The number of hydrogen-bond donors (Lipinski definition) is 4. The van der Waals surface area contributed by atoms with Crippen molar-refractivity contribution < 1.29 is 58.6 Å². The van der Waals surface area contributed by atoms with Gasteiger partial charge in [-0.15, -0.1) is 24.8 Å². The molecule has 0 saturated heterocycles. The Bertz CT molecular complexity index is 4860. The molecule has 14 atom stereocenters. The number of carbonyl (C=O) groups is 4. The molecule has 1 unspecified atom stereocenters. The lowest BCUT2D eigenvalue weighted by Gasteiger charge is -2.36. The Labute approximate surface area is 880 Å². The van der Waals surface area contributed by atoms with E-state index in [0.29, 0.717) is 124 Å². The number of halogens is 2. The Kier molecular flexibility index (Phi) is 50.1. The molecular formula is C126H180Cl2N4O12. The first-order valence-electron chi connectivity index (χ1n) is 53.9. The van der Waals surface area contributed by atoms with E-state index in [-0.39, 0.29) is 114 Å². The van der Waals surface area contributed by atoms with Crippen LogP contribution in [0.25, 0.3) is 0 Å². The number of phenols is 4. The molecule has 12 rings (SSSR count). The highest BCUT2D eigenvalue weighted by atomic mass is 35.5. The van der Waals surface area contributed by atoms with Crippen molar-refractivity contribution in [3.05, 3.63) is 297 Å². The van der Waals surface area contributed by atoms with Crippen LogP contribution in [0.5, 0.6) is 23.0 Å². The van der Waals surface area contributed by atoms with E-state index in [2.05, 4.69) is 241 Å². The highest BCUT2D eigenvalue weighted by Crippen LogP contribution is 2.45. The average Bonchev–Trinajstić information content (AvgIpc) is 0.803. The van der Waals surface area contributed by atoms with E-state index in [1.807, 2.05) is 128 Å². The topological polar surface area (TPSA) is 199 Å². The van der Waals surface area contributed by atoms with Crippen molar-refractivity contribution >= 4 is 48.7 Å². The van der Waals surface area contributed by atoms with E-state index in [1.54, 1.807) is 54.6 Å². The number of benzene rings is 9. The first kappa shape index (κ1) is 121. The fraction of sp³-hybridized carbons (Fsp3) is 0.540. The molecule has 0 spiro atoms. The summed E-state index contributed by atoms with van der Waals surface area (Å²) in [6.45, 7) is 61.1. The molecule has 4 N–H and O–H groups in total. The Morgan fingerprint density at radius 1 is 0.271 bits per heavy atom. The van der Waals surface area contributed by atoms with Crippen LogP contribution in [0.2, 0.25) is 0 Å². The predicted octanol–water partition coefficient (Wildman–Crippen LogP) is 30.7. The van der Waals surface area contributed by atoms with Crippen molar-refractivity contribution in [2.24, 2.45) is 53.3 Å². The molecule has 3 saturated carbocycles. The van der Waals surface area contributed by atoms with Gasteiger partial charge in [-0.3, -0.25) is 19.6 Å². The molecular weight excluding hydrogens is 1830 g/mol. The van der Waals surface area contributed by atoms with Gasteiger partial charge in [-0.1, -0.05) is 233 Å². The fourth-order valence-corrected chi connectivity index (χ4v) is 22.5. The van der Waals surface area contributed by atoms with Gasteiger partial charge in [0.1, 0.15) is 47.4 Å². The Hall–Kier alpha value is -9.52. The van der Waals surface area contributed by atoms with E-state index >= 15 is 0 Å². The second-order valence-corrected chi connectivity index (χ2v) is 44.6. The molecule has 0 aromatic heterocycles. The number of esters is 4. The molecule has 9 aromatic carbocycles. The number of carbonyl (C=O) groups excluding carboxylic acids is 4. The summed E-state index contributed by atoms with van der Waals surface area (Å²) in [4.78, 5) is 62.9. The van der Waals surface area contributed by atoms with Crippen LogP contribution in [0.3, 0.4) is 0 Å². The highest BCUT2D eigenvalue weighted by Gasteiger charge is 2.39. The molecule has 790 valence electrons. The summed E-state index contributed by atoms with van der Waals surface area (Å²) in [5, 5.41) is 43.6. The van der Waals surface area contributed by atoms with Gasteiger partial charge in [-0.25, -0.2) is 19.2 Å². The first-order valence-corrected chi connectivity index (χ1v) is 53.9. The van der Waals surface area contributed by atoms with E-state index in [0.717, 1.165) is 140 Å². The van der Waals surface area contributed by atoms with Crippen molar-refractivity contribution in [3.63, 3.8) is 0 Å². The summed E-state index contributed by atoms with van der Waals surface area (Å²) in [5.41, 5.74) is 10.6. The summed E-state index contributed by atoms with van der Waals surface area (Å²) >= 11 is 0. The van der Waals surface area contributed by atoms with Crippen molar-refractivity contribution in [2.45, 2.75) is 360 Å². The van der Waals surface area contributed by atoms with Gasteiger partial charge in [0.25, 0.3) is 0 Å². The van der Waals surface area contributed by atoms with Crippen LogP contribution >= 0.6 is 24.8 Å². The van der Waals surface area contributed by atoms with Gasteiger partial charge in [0, 0.05) is 94.3 Å². The molecule has 0 aliphatic heterocycles. The van der Waals surface area contributed by atoms with Gasteiger partial charge in [0.15, 0.2) is 0 Å². The molecule has 0 radical (unpaired) electrons. The van der Waals surface area contributed by atoms with Crippen LogP contribution in [0.4, 0.5) is 0 Å². The largest absolute Gasteiger partial charge is 0.508 e. The van der Waals surface area contributed by atoms with E-state index < -0.39 is 5.97 Å². The summed E-state index contributed by atoms with van der Waals surface area (Å²) in [5.74, 6) is 3.92. The molecule has 144 heavy (non-hydrogen) atoms. The average molecular weight is 2010 g/mol. The van der Waals surface area contributed by atoms with Crippen LogP contribution in [-0.2, 0) is 18.9 Å². The minimum atomic E-state index is -0.393. The summed E-state index contributed by atoms with van der Waals surface area (Å²) in [7, 11) is 0. The van der Waals surface area contributed by atoms with Gasteiger partial charge in [0.2, 0.25) is 0 Å². The number of aromatic hydroxyl groups is 4. The standard InChI is InChI=1S/3C32H47NO3.C30H37NO3.2ClH/c3*1-21(2)27-15-13-24(7)19-31(27)36-32(35)26-14-16-30(34)29(20-26)28(25-11-9-8-10-12-25)17-18-33(22(3)4)23(5)6;1-21(2)31(22(3)4)19-18-27(25-14-10-7-11-15-25)28-20-26(16-17-29(28)32)30(33)34-23(5)24-12-8-6-9-13-24;;/h3*8-12,14,16,20-24,27-28,31,34H,13,15,17-19H2,1-7H3;6-17,20-23,27,32H,18-19H2,1-5H3;2*1H/t24-,27+,28?,31-;2*24-,27+,28-,31-;23-,27-;;/m0100../s1. The van der Waals surface area contributed by atoms with Crippen LogP contribution in [0.1, 0.15) is 385 Å². The Morgan fingerprint density at radius 3 is 0.660 bits per heavy atom. The third kappa shape index (κ3) is 35.6. The van der Waals surface area contributed by atoms with Gasteiger partial charge in [-0.05, 0) is 362 Å². The van der Waals surface area contributed by atoms with E-state index in [1.165, 1.54) is 19.3 Å². The van der Waals surface area contributed by atoms with Crippen LogP contribution in [0.15, 0.2) is 224 Å². The van der Waals surface area contributed by atoms with Crippen LogP contribution < -0.4 is 0 Å². The molecule has 18 heteroatoms. The second-order valence-electron chi connectivity index (χ2n) is 44.6. The molecule has 0 amide bonds. The molecule has 0 bridgehead atoms. The van der Waals surface area contributed by atoms with E-state index in [4.69, 9.17) is 18.9 Å². The van der Waals surface area contributed by atoms with Crippen LogP contribution in [-0.4, -0.2) is 157 Å². The smallest absolute Gasteiger partial charge is 0.338 e. The summed E-state index contributed by atoms with van der Waals surface area (Å²) < 4.78 is 24.1. The number of rotatable bonds is 40. The van der Waals surface area contributed by atoms with Gasteiger partial charge in [0.05, 0.1) is 22.3 Å². The maximum Gasteiger partial charge on any atom is 0.338 e. The highest BCUT2D eigenvalue weighted by molar-refractivity contribution is 5.92. The molecule has 9 aromatic rings. The summed E-state index contributed by atoms with van der Waals surface area (Å²) in [6.07, 6.45) is 12.6. The number of phenolic OH excluding ortho intramolecular Hbond substituents is 4. The number of ether oxygens (including phenoxy) is 4. The van der Waals surface area contributed by atoms with Crippen molar-refractivity contribution in [1.82, 2.24) is 19.6 Å². The minimum absolute atomic E-state index is 0. The SMILES string of the molecule is CC(C)N(CC[C@@H](c1ccccc1)c1cc(C(=O)O[C@@H](C)c2ccccc2)ccc1O)C(C)C.CC(C)[C@@H]1CC[C@@H](C)C[C@H]1OC(=O)c1ccc(O)c([C@H](CCN(C(C)C)C(C)C)c2ccccc2)c1.CC(C)[C@H]1CC[C@H](C)C[C@@H]1OC(=O)c1ccc(O)c(C(CCN(C(C)C)C(C)C)c2ccccc2)c1.CC(C)[C@H]1CC[C@H](C)C[C@@H]1OC(=O)c1ccc(O)c([C@@H](CCN(C(C)C)C(C)C)c2ccccc2)c1.Cl.Cl. The minimum Gasteiger partial charge on any atom is -0.508 e. The zero-order valence-corrected chi connectivity index (χ0v) is 93.6. The fourth-order valence-electron chi connectivity index (χ4n) is 22.5. The molecule has 3 fully saturated rings.